The number of aryl methyl sites for hydroxylation is 1. The Morgan fingerprint density at radius 3 is 2.71 bits per heavy atom. The second kappa shape index (κ2) is 7.27. The second-order valence-corrected chi connectivity index (χ2v) is 5.65. The number of hydrogen-bond donors (Lipinski definition) is 1. The molecule has 2 aromatic rings. The fourth-order valence-electron chi connectivity index (χ4n) is 2.32. The molecule has 2 rings (SSSR count). The van der Waals surface area contributed by atoms with Crippen molar-refractivity contribution in [2.24, 2.45) is 0 Å². The van der Waals surface area contributed by atoms with Gasteiger partial charge in [0, 0.05) is 12.1 Å². The Balaban J connectivity index is 2.43. The van der Waals surface area contributed by atoms with Gasteiger partial charge in [0.2, 0.25) is 0 Å². The number of halogens is 2. The van der Waals surface area contributed by atoms with Crippen LogP contribution in [0.5, 0.6) is 0 Å². The third-order valence-corrected chi connectivity index (χ3v) is 3.99. The molecular formula is C15H19Cl2N3O. The van der Waals surface area contributed by atoms with Crippen LogP contribution in [0.1, 0.15) is 22.9 Å². The van der Waals surface area contributed by atoms with Crippen LogP contribution in [0.4, 0.5) is 0 Å². The van der Waals surface area contributed by atoms with Gasteiger partial charge in [-0.3, -0.25) is 4.68 Å². The van der Waals surface area contributed by atoms with Crippen molar-refractivity contribution in [3.8, 4) is 0 Å². The Kier molecular flexibility index (Phi) is 5.65. The van der Waals surface area contributed by atoms with Crippen LogP contribution in [0.2, 0.25) is 10.0 Å². The van der Waals surface area contributed by atoms with Gasteiger partial charge >= 0.3 is 0 Å². The standard InChI is InChI=1S/C15H19Cl2N3O/c1-10-4-5-11(12(16)8-10)14(18-2)15-13(17)9-19-20(15)6-7-21-3/h4-5,8-9,14,18H,6-7H2,1-3H3. The van der Waals surface area contributed by atoms with E-state index in [0.29, 0.717) is 23.2 Å². The quantitative estimate of drug-likeness (QED) is 0.883. The van der Waals surface area contributed by atoms with E-state index in [1.165, 1.54) is 0 Å². The van der Waals surface area contributed by atoms with Gasteiger partial charge < -0.3 is 10.1 Å². The van der Waals surface area contributed by atoms with Gasteiger partial charge in [-0.05, 0) is 31.2 Å². The number of ether oxygens (including phenoxy) is 1. The van der Waals surface area contributed by atoms with Crippen LogP contribution in [0, 0.1) is 6.92 Å². The molecule has 1 heterocycles. The van der Waals surface area contributed by atoms with E-state index in [9.17, 15) is 0 Å². The van der Waals surface area contributed by atoms with Crippen molar-refractivity contribution in [1.29, 1.82) is 0 Å². The molecule has 1 atom stereocenters. The maximum Gasteiger partial charge on any atom is 0.0837 e. The maximum atomic E-state index is 6.39. The zero-order valence-corrected chi connectivity index (χ0v) is 13.9. The van der Waals surface area contributed by atoms with Crippen LogP contribution < -0.4 is 5.32 Å². The van der Waals surface area contributed by atoms with E-state index < -0.39 is 0 Å². The molecular weight excluding hydrogens is 309 g/mol. The number of aromatic nitrogens is 2. The van der Waals surface area contributed by atoms with E-state index in [2.05, 4.69) is 10.4 Å². The normalized spacial score (nSPS) is 12.6. The Bertz CT molecular complexity index is 613. The number of hydrogen-bond acceptors (Lipinski definition) is 3. The number of nitrogens with one attached hydrogen (secondary N) is 1. The molecule has 4 nitrogen and oxygen atoms in total. The SMILES string of the molecule is CNC(c1ccc(C)cc1Cl)c1c(Cl)cnn1CCOC. The average molecular weight is 328 g/mol. The lowest BCUT2D eigenvalue weighted by molar-refractivity contribution is 0.182. The van der Waals surface area contributed by atoms with Crippen molar-refractivity contribution in [3.63, 3.8) is 0 Å². The van der Waals surface area contributed by atoms with Crippen LogP contribution in [0.3, 0.4) is 0 Å². The minimum atomic E-state index is -0.120. The van der Waals surface area contributed by atoms with Crippen molar-refractivity contribution >= 4 is 23.2 Å². The Labute approximate surface area is 135 Å². The number of methoxy groups -OCH3 is 1. The van der Waals surface area contributed by atoms with Gasteiger partial charge in [-0.15, -0.1) is 0 Å². The molecule has 6 heteroatoms. The molecule has 0 radical (unpaired) electrons. The van der Waals surface area contributed by atoms with Crippen molar-refractivity contribution in [2.75, 3.05) is 20.8 Å². The van der Waals surface area contributed by atoms with Crippen LogP contribution in [0.15, 0.2) is 24.4 Å². The molecule has 0 fully saturated rings. The van der Waals surface area contributed by atoms with Gasteiger partial charge in [0.05, 0.1) is 36.1 Å². The molecule has 1 N–H and O–H groups in total. The molecule has 0 aliphatic heterocycles. The molecule has 1 aromatic heterocycles. The van der Waals surface area contributed by atoms with E-state index in [0.717, 1.165) is 16.8 Å². The van der Waals surface area contributed by atoms with E-state index in [1.807, 2.05) is 36.9 Å². The molecule has 0 saturated heterocycles. The summed E-state index contributed by atoms with van der Waals surface area (Å²) in [7, 11) is 3.54. The highest BCUT2D eigenvalue weighted by molar-refractivity contribution is 6.32. The topological polar surface area (TPSA) is 39.1 Å². The fourth-order valence-corrected chi connectivity index (χ4v) is 2.92. The molecule has 1 unspecified atom stereocenters. The summed E-state index contributed by atoms with van der Waals surface area (Å²) >= 11 is 12.7. The highest BCUT2D eigenvalue weighted by atomic mass is 35.5. The summed E-state index contributed by atoms with van der Waals surface area (Å²) in [6, 6.07) is 5.88. The lowest BCUT2D eigenvalue weighted by Crippen LogP contribution is -2.23. The molecule has 114 valence electrons. The Morgan fingerprint density at radius 2 is 2.10 bits per heavy atom. The second-order valence-electron chi connectivity index (χ2n) is 4.84. The molecule has 0 aliphatic carbocycles. The van der Waals surface area contributed by atoms with E-state index in [-0.39, 0.29) is 6.04 Å². The van der Waals surface area contributed by atoms with Crippen molar-refractivity contribution in [2.45, 2.75) is 19.5 Å². The molecule has 0 spiro atoms. The van der Waals surface area contributed by atoms with Gasteiger partial charge in [-0.2, -0.15) is 5.10 Å². The lowest BCUT2D eigenvalue weighted by atomic mass is 10.0. The van der Waals surface area contributed by atoms with Gasteiger partial charge in [0.15, 0.2) is 0 Å². The predicted molar refractivity (Wildman–Crippen MR) is 86.2 cm³/mol. The molecule has 0 bridgehead atoms. The first-order valence-electron chi connectivity index (χ1n) is 6.72. The summed E-state index contributed by atoms with van der Waals surface area (Å²) in [5.74, 6) is 0. The first kappa shape index (κ1) is 16.3. The summed E-state index contributed by atoms with van der Waals surface area (Å²) in [5, 5.41) is 8.91. The van der Waals surface area contributed by atoms with E-state index >= 15 is 0 Å². The predicted octanol–water partition coefficient (Wildman–Crippen LogP) is 3.45. The van der Waals surface area contributed by atoms with Gasteiger partial charge in [0.25, 0.3) is 0 Å². The fraction of sp³-hybridized carbons (Fsp3) is 0.400. The number of rotatable bonds is 6. The minimum Gasteiger partial charge on any atom is -0.383 e. The smallest absolute Gasteiger partial charge is 0.0837 e. The summed E-state index contributed by atoms with van der Waals surface area (Å²) < 4.78 is 6.97. The highest BCUT2D eigenvalue weighted by Crippen LogP contribution is 2.32. The zero-order valence-electron chi connectivity index (χ0n) is 12.4. The molecule has 0 amide bonds. The summed E-state index contributed by atoms with van der Waals surface area (Å²) in [6.45, 7) is 3.23. The Hall–Kier alpha value is -1.07. The average Bonchev–Trinajstić information content (AvgIpc) is 2.81. The highest BCUT2D eigenvalue weighted by Gasteiger charge is 2.22. The molecule has 0 aliphatic rings. The van der Waals surface area contributed by atoms with Crippen LogP contribution in [-0.4, -0.2) is 30.5 Å². The van der Waals surface area contributed by atoms with Gasteiger partial charge in [-0.25, -0.2) is 0 Å². The van der Waals surface area contributed by atoms with E-state index in [4.69, 9.17) is 27.9 Å². The van der Waals surface area contributed by atoms with Crippen molar-refractivity contribution < 1.29 is 4.74 Å². The number of benzene rings is 1. The molecule has 1 aromatic carbocycles. The van der Waals surface area contributed by atoms with Gasteiger partial charge in [0.1, 0.15) is 0 Å². The first-order chi connectivity index (χ1) is 10.1. The third kappa shape index (κ3) is 3.58. The van der Waals surface area contributed by atoms with Gasteiger partial charge in [-0.1, -0.05) is 35.3 Å². The zero-order chi connectivity index (χ0) is 15.4. The van der Waals surface area contributed by atoms with Crippen molar-refractivity contribution in [1.82, 2.24) is 15.1 Å². The lowest BCUT2D eigenvalue weighted by Gasteiger charge is -2.20. The largest absolute Gasteiger partial charge is 0.383 e. The monoisotopic (exact) mass is 327 g/mol. The summed E-state index contributed by atoms with van der Waals surface area (Å²) in [5.41, 5.74) is 2.99. The summed E-state index contributed by atoms with van der Waals surface area (Å²) in [6.07, 6.45) is 1.65. The summed E-state index contributed by atoms with van der Waals surface area (Å²) in [4.78, 5) is 0. The minimum absolute atomic E-state index is 0.120. The molecule has 0 saturated carbocycles. The maximum absolute atomic E-state index is 6.39. The van der Waals surface area contributed by atoms with Crippen LogP contribution >= 0.6 is 23.2 Å². The van der Waals surface area contributed by atoms with Crippen LogP contribution in [0.25, 0.3) is 0 Å². The third-order valence-electron chi connectivity index (χ3n) is 3.37. The molecule has 21 heavy (non-hydrogen) atoms. The number of nitrogens with zero attached hydrogens (tertiary/aromatic N) is 2. The first-order valence-corrected chi connectivity index (χ1v) is 7.47. The van der Waals surface area contributed by atoms with E-state index in [1.54, 1.807) is 13.3 Å². The van der Waals surface area contributed by atoms with Crippen LogP contribution in [-0.2, 0) is 11.3 Å². The van der Waals surface area contributed by atoms with Crippen molar-refractivity contribution in [3.05, 3.63) is 51.3 Å². The Morgan fingerprint density at radius 1 is 1.33 bits per heavy atom.